The molecule has 0 aliphatic carbocycles. The maximum absolute atomic E-state index is 13.2. The zero-order valence-electron chi connectivity index (χ0n) is 16.5. The molecular weight excluding hydrogens is 410 g/mol. The molecule has 3 aromatic rings. The van der Waals surface area contributed by atoms with Crippen molar-refractivity contribution in [1.29, 1.82) is 0 Å². The molecule has 1 aliphatic heterocycles. The molecule has 2 aromatic carbocycles. The summed E-state index contributed by atoms with van der Waals surface area (Å²) in [5.74, 6) is 0.178. The van der Waals surface area contributed by atoms with Gasteiger partial charge in [-0.2, -0.15) is 13.2 Å². The Morgan fingerprint density at radius 3 is 2.03 bits per heavy atom. The molecule has 4 rings (SSSR count). The lowest BCUT2D eigenvalue weighted by molar-refractivity contribution is -0.137. The summed E-state index contributed by atoms with van der Waals surface area (Å²) in [6.07, 6.45) is -4.40. The van der Waals surface area contributed by atoms with E-state index >= 15 is 0 Å². The van der Waals surface area contributed by atoms with Crippen LogP contribution < -0.4 is 9.80 Å². The van der Waals surface area contributed by atoms with Crippen LogP contribution in [0.2, 0.25) is 0 Å². The van der Waals surface area contributed by atoms with Gasteiger partial charge in [0, 0.05) is 43.1 Å². The van der Waals surface area contributed by atoms with Gasteiger partial charge in [-0.25, -0.2) is 14.4 Å². The lowest BCUT2D eigenvalue weighted by atomic mass is 10.1. The quantitative estimate of drug-likeness (QED) is 0.535. The Morgan fingerprint density at radius 2 is 1.45 bits per heavy atom. The van der Waals surface area contributed by atoms with Crippen LogP contribution in [0.4, 0.5) is 29.2 Å². The van der Waals surface area contributed by atoms with E-state index in [1.807, 2.05) is 4.90 Å². The first-order chi connectivity index (χ1) is 14.8. The van der Waals surface area contributed by atoms with Crippen molar-refractivity contribution in [2.75, 3.05) is 36.0 Å². The van der Waals surface area contributed by atoms with Gasteiger partial charge in [0.1, 0.15) is 5.82 Å². The molecule has 0 radical (unpaired) electrons. The fourth-order valence-corrected chi connectivity index (χ4v) is 3.51. The molecule has 31 heavy (non-hydrogen) atoms. The third kappa shape index (κ3) is 4.77. The lowest BCUT2D eigenvalue weighted by Crippen LogP contribution is -2.47. The molecule has 1 fully saturated rings. The smallest absolute Gasteiger partial charge is 0.416 e. The number of rotatable bonds is 4. The van der Waals surface area contributed by atoms with Crippen LogP contribution >= 0.6 is 0 Å². The van der Waals surface area contributed by atoms with Crippen LogP contribution in [0.5, 0.6) is 0 Å². The number of hydrogen-bond acceptors (Lipinski definition) is 4. The second-order valence-corrected chi connectivity index (χ2v) is 7.25. The summed E-state index contributed by atoms with van der Waals surface area (Å²) < 4.78 is 51.7. The SMILES string of the molecule is [NH-]Cc1cc(-c2ccc(C(F)(F)F)cc2)nc(N2CCN(c3ccc(F)cc3)CC2)n1. The van der Waals surface area contributed by atoms with Gasteiger partial charge in [0.05, 0.1) is 11.3 Å². The van der Waals surface area contributed by atoms with E-state index in [4.69, 9.17) is 5.73 Å². The van der Waals surface area contributed by atoms with Crippen LogP contribution in [0.25, 0.3) is 17.0 Å². The lowest BCUT2D eigenvalue weighted by Gasteiger charge is -2.36. The van der Waals surface area contributed by atoms with Gasteiger partial charge in [-0.15, -0.1) is 6.54 Å². The third-order valence-electron chi connectivity index (χ3n) is 5.21. The van der Waals surface area contributed by atoms with E-state index < -0.39 is 11.7 Å². The Hall–Kier alpha value is -3.20. The van der Waals surface area contributed by atoms with Gasteiger partial charge in [-0.3, -0.25) is 0 Å². The van der Waals surface area contributed by atoms with Gasteiger partial charge < -0.3 is 15.5 Å². The summed E-state index contributed by atoms with van der Waals surface area (Å²) in [7, 11) is 0. The minimum Gasteiger partial charge on any atom is -0.672 e. The highest BCUT2D eigenvalue weighted by atomic mass is 19.4. The summed E-state index contributed by atoms with van der Waals surface area (Å²) in [5.41, 5.74) is 9.44. The van der Waals surface area contributed by atoms with Crippen molar-refractivity contribution in [3.8, 4) is 11.3 Å². The topological polar surface area (TPSA) is 56.1 Å². The number of piperazine rings is 1. The minimum atomic E-state index is -4.40. The molecule has 0 atom stereocenters. The Morgan fingerprint density at radius 1 is 0.839 bits per heavy atom. The van der Waals surface area contributed by atoms with E-state index in [1.54, 1.807) is 18.2 Å². The number of nitrogens with zero attached hydrogens (tertiary/aromatic N) is 4. The highest BCUT2D eigenvalue weighted by Gasteiger charge is 2.30. The summed E-state index contributed by atoms with van der Waals surface area (Å²) in [4.78, 5) is 13.1. The molecule has 1 saturated heterocycles. The molecule has 0 saturated carbocycles. The highest BCUT2D eigenvalue weighted by molar-refractivity contribution is 5.62. The number of alkyl halides is 3. The van der Waals surface area contributed by atoms with Gasteiger partial charge in [-0.1, -0.05) is 12.1 Å². The molecule has 2 heterocycles. The number of nitrogens with one attached hydrogen (secondary N) is 1. The number of halogens is 4. The zero-order valence-corrected chi connectivity index (χ0v) is 16.5. The molecule has 1 N–H and O–H groups in total. The molecule has 5 nitrogen and oxygen atoms in total. The Kier molecular flexibility index (Phi) is 5.77. The maximum atomic E-state index is 13.2. The van der Waals surface area contributed by atoms with Crippen LogP contribution in [0, 0.1) is 5.82 Å². The third-order valence-corrected chi connectivity index (χ3v) is 5.21. The molecule has 0 spiro atoms. The highest BCUT2D eigenvalue weighted by Crippen LogP contribution is 2.31. The van der Waals surface area contributed by atoms with E-state index in [-0.39, 0.29) is 12.4 Å². The Balaban J connectivity index is 1.53. The minimum absolute atomic E-state index is 0.0568. The maximum Gasteiger partial charge on any atom is 0.416 e. The average molecular weight is 430 g/mol. The van der Waals surface area contributed by atoms with Crippen molar-refractivity contribution in [1.82, 2.24) is 9.97 Å². The first-order valence-electron chi connectivity index (χ1n) is 9.79. The monoisotopic (exact) mass is 430 g/mol. The van der Waals surface area contributed by atoms with E-state index in [0.717, 1.165) is 17.8 Å². The Bertz CT molecular complexity index is 1030. The normalized spacial score (nSPS) is 14.7. The van der Waals surface area contributed by atoms with Gasteiger partial charge in [0.25, 0.3) is 0 Å². The van der Waals surface area contributed by atoms with E-state index in [9.17, 15) is 17.6 Å². The summed E-state index contributed by atoms with van der Waals surface area (Å²) in [6.45, 7) is 2.58. The summed E-state index contributed by atoms with van der Waals surface area (Å²) in [5, 5.41) is 0. The predicted octanol–water partition coefficient (Wildman–Crippen LogP) is 5.18. The van der Waals surface area contributed by atoms with Crippen LogP contribution in [-0.4, -0.2) is 36.1 Å². The van der Waals surface area contributed by atoms with Gasteiger partial charge >= 0.3 is 6.18 Å². The molecular formula is C22H20F4N5-. The van der Waals surface area contributed by atoms with Crippen LogP contribution in [0.15, 0.2) is 54.6 Å². The van der Waals surface area contributed by atoms with Gasteiger partial charge in [0.2, 0.25) is 5.95 Å². The summed E-state index contributed by atoms with van der Waals surface area (Å²) >= 11 is 0. The van der Waals surface area contributed by atoms with Crippen molar-refractivity contribution >= 4 is 11.6 Å². The van der Waals surface area contributed by atoms with Crippen molar-refractivity contribution in [3.63, 3.8) is 0 Å². The molecule has 0 bridgehead atoms. The van der Waals surface area contributed by atoms with E-state index in [2.05, 4.69) is 14.9 Å². The van der Waals surface area contributed by atoms with Crippen molar-refractivity contribution in [2.24, 2.45) is 0 Å². The van der Waals surface area contributed by atoms with Crippen molar-refractivity contribution in [2.45, 2.75) is 12.7 Å². The molecule has 1 aliphatic rings. The van der Waals surface area contributed by atoms with Crippen LogP contribution in [0.3, 0.4) is 0 Å². The van der Waals surface area contributed by atoms with E-state index in [1.165, 1.54) is 24.3 Å². The van der Waals surface area contributed by atoms with Crippen LogP contribution in [-0.2, 0) is 12.7 Å². The Labute approximate surface area is 177 Å². The number of hydrogen-bond donors (Lipinski definition) is 0. The average Bonchev–Trinajstić information content (AvgIpc) is 2.79. The molecule has 0 unspecified atom stereocenters. The fourth-order valence-electron chi connectivity index (χ4n) is 3.51. The van der Waals surface area contributed by atoms with E-state index in [0.29, 0.717) is 49.1 Å². The standard InChI is InChI=1S/C22H20F4N5/c23-17-5-7-19(8-6-17)30-9-11-31(12-10-30)21-28-18(14-27)13-20(29-21)15-1-3-16(4-2-15)22(24,25)26/h1-8,13,27H,9-12,14H2/q-1. The van der Waals surface area contributed by atoms with Crippen molar-refractivity contribution in [3.05, 3.63) is 77.4 Å². The second-order valence-electron chi connectivity index (χ2n) is 7.25. The zero-order chi connectivity index (χ0) is 22.0. The first kappa shape index (κ1) is 21.0. The first-order valence-corrected chi connectivity index (χ1v) is 9.79. The molecule has 1 aromatic heterocycles. The van der Waals surface area contributed by atoms with Crippen molar-refractivity contribution < 1.29 is 17.6 Å². The molecule has 9 heteroatoms. The molecule has 0 amide bonds. The van der Waals surface area contributed by atoms with Gasteiger partial charge in [-0.05, 0) is 42.5 Å². The number of anilines is 2. The second kappa shape index (κ2) is 8.50. The van der Waals surface area contributed by atoms with Gasteiger partial charge in [0.15, 0.2) is 0 Å². The number of benzene rings is 2. The fraction of sp³-hybridized carbons (Fsp3) is 0.273. The predicted molar refractivity (Wildman–Crippen MR) is 111 cm³/mol. The largest absolute Gasteiger partial charge is 0.672 e. The summed E-state index contributed by atoms with van der Waals surface area (Å²) in [6, 6.07) is 12.8. The van der Waals surface area contributed by atoms with Crippen LogP contribution in [0.1, 0.15) is 11.3 Å². The molecule has 162 valence electrons. The number of aromatic nitrogens is 2.